The van der Waals surface area contributed by atoms with Crippen molar-refractivity contribution in [1.82, 2.24) is 4.31 Å². The summed E-state index contributed by atoms with van der Waals surface area (Å²) in [7, 11) is -0.0765. The van der Waals surface area contributed by atoms with Gasteiger partial charge in [-0.3, -0.25) is 0 Å². The van der Waals surface area contributed by atoms with Gasteiger partial charge >= 0.3 is 0 Å². The van der Waals surface area contributed by atoms with Crippen molar-refractivity contribution in [2.75, 3.05) is 31.4 Å². The molecule has 0 saturated heterocycles. The molecule has 0 bridgehead atoms. The molecule has 0 aromatic heterocycles. The topological polar surface area (TPSA) is 49.4 Å². The van der Waals surface area contributed by atoms with Crippen molar-refractivity contribution in [3.63, 3.8) is 0 Å². The molecule has 4 nitrogen and oxygen atoms in total. The molecule has 0 heterocycles. The van der Waals surface area contributed by atoms with Crippen LogP contribution in [-0.2, 0) is 10.0 Å². The minimum Gasteiger partial charge on any atom is -0.387 e. The average molecular weight is 302 g/mol. The van der Waals surface area contributed by atoms with E-state index < -0.39 is 10.0 Å². The Morgan fingerprint density at radius 3 is 2.58 bits per heavy atom. The van der Waals surface area contributed by atoms with Crippen molar-refractivity contribution < 1.29 is 8.42 Å². The van der Waals surface area contributed by atoms with Crippen LogP contribution in [0.3, 0.4) is 0 Å². The van der Waals surface area contributed by atoms with Gasteiger partial charge in [-0.15, -0.1) is 0 Å². The number of nitrogens with one attached hydrogen (secondary N) is 1. The zero-order chi connectivity index (χ0) is 14.5. The third kappa shape index (κ3) is 3.87. The number of thioether (sulfide) groups is 1. The Bertz CT molecular complexity index is 503. The average Bonchev–Trinajstić information content (AvgIpc) is 2.43. The largest absolute Gasteiger partial charge is 0.387 e. The molecule has 0 fully saturated rings. The molecule has 0 spiro atoms. The molecule has 0 amide bonds. The van der Waals surface area contributed by atoms with E-state index in [-0.39, 0.29) is 6.04 Å². The summed E-state index contributed by atoms with van der Waals surface area (Å²) in [5.74, 6) is 0.953. The summed E-state index contributed by atoms with van der Waals surface area (Å²) in [5.41, 5.74) is 0.631. The van der Waals surface area contributed by atoms with Crippen LogP contribution in [0.15, 0.2) is 29.2 Å². The molecule has 1 aromatic carbocycles. The molecule has 108 valence electrons. The third-order valence-corrected chi connectivity index (χ3v) is 5.85. The highest BCUT2D eigenvalue weighted by Gasteiger charge is 2.26. The van der Waals surface area contributed by atoms with Crippen LogP contribution in [0.5, 0.6) is 0 Å². The van der Waals surface area contributed by atoms with Crippen molar-refractivity contribution in [2.24, 2.45) is 0 Å². The standard InChI is InChI=1S/C13H22N2O2S2/c1-11(9-10-18-4)15(3)19(16,17)13-8-6-5-7-12(13)14-2/h5-8,11,14H,9-10H2,1-4H3. The van der Waals surface area contributed by atoms with E-state index in [1.54, 1.807) is 44.1 Å². The van der Waals surface area contributed by atoms with Crippen LogP contribution in [0.2, 0.25) is 0 Å². The number of nitrogens with zero attached hydrogens (tertiary/aromatic N) is 1. The molecule has 0 radical (unpaired) electrons. The zero-order valence-corrected chi connectivity index (χ0v) is 13.5. The van der Waals surface area contributed by atoms with Gasteiger partial charge < -0.3 is 5.32 Å². The van der Waals surface area contributed by atoms with Gasteiger partial charge in [0.1, 0.15) is 4.90 Å². The lowest BCUT2D eigenvalue weighted by Gasteiger charge is -2.25. The first kappa shape index (κ1) is 16.3. The fraction of sp³-hybridized carbons (Fsp3) is 0.538. The summed E-state index contributed by atoms with van der Waals surface area (Å²) in [5, 5.41) is 2.93. The van der Waals surface area contributed by atoms with E-state index in [4.69, 9.17) is 0 Å². The van der Waals surface area contributed by atoms with Crippen molar-refractivity contribution in [2.45, 2.75) is 24.3 Å². The molecular formula is C13H22N2O2S2. The lowest BCUT2D eigenvalue weighted by Crippen LogP contribution is -2.35. The van der Waals surface area contributed by atoms with Crippen molar-refractivity contribution in [1.29, 1.82) is 0 Å². The summed E-state index contributed by atoms with van der Waals surface area (Å²) in [4.78, 5) is 0.330. The Morgan fingerprint density at radius 1 is 1.37 bits per heavy atom. The Labute approximate surface area is 120 Å². The second kappa shape index (κ2) is 7.17. The van der Waals surface area contributed by atoms with Crippen molar-refractivity contribution in [3.8, 4) is 0 Å². The minimum atomic E-state index is -3.45. The first-order valence-corrected chi connectivity index (χ1v) is 9.02. The van der Waals surface area contributed by atoms with E-state index in [0.29, 0.717) is 10.6 Å². The molecule has 1 rings (SSSR count). The summed E-state index contributed by atoms with van der Waals surface area (Å²) in [6, 6.07) is 6.96. The molecule has 1 unspecified atom stereocenters. The summed E-state index contributed by atoms with van der Waals surface area (Å²) < 4.78 is 26.6. The number of rotatable bonds is 7. The molecule has 6 heteroatoms. The maximum Gasteiger partial charge on any atom is 0.245 e. The van der Waals surface area contributed by atoms with E-state index >= 15 is 0 Å². The predicted octanol–water partition coefficient (Wildman–Crippen LogP) is 2.49. The van der Waals surface area contributed by atoms with Gasteiger partial charge in [0.15, 0.2) is 0 Å². The lowest BCUT2D eigenvalue weighted by molar-refractivity contribution is 0.382. The van der Waals surface area contributed by atoms with Crippen LogP contribution in [0.25, 0.3) is 0 Å². The Kier molecular flexibility index (Phi) is 6.16. The summed E-state index contributed by atoms with van der Waals surface area (Å²) >= 11 is 1.73. The Balaban J connectivity index is 3.03. The van der Waals surface area contributed by atoms with Crippen LogP contribution in [0.1, 0.15) is 13.3 Å². The smallest absolute Gasteiger partial charge is 0.245 e. The number of para-hydroxylation sites is 1. The van der Waals surface area contributed by atoms with Crippen molar-refractivity contribution >= 4 is 27.5 Å². The first-order valence-electron chi connectivity index (χ1n) is 6.19. The van der Waals surface area contributed by atoms with Gasteiger partial charge in [0.05, 0.1) is 5.69 Å². The predicted molar refractivity (Wildman–Crippen MR) is 83.4 cm³/mol. The molecule has 0 saturated carbocycles. The van der Waals surface area contributed by atoms with E-state index in [1.807, 2.05) is 19.2 Å². The molecule has 19 heavy (non-hydrogen) atoms. The highest BCUT2D eigenvalue weighted by atomic mass is 32.2. The van der Waals surface area contributed by atoms with Gasteiger partial charge in [-0.05, 0) is 37.5 Å². The van der Waals surface area contributed by atoms with Gasteiger partial charge in [-0.1, -0.05) is 12.1 Å². The van der Waals surface area contributed by atoms with E-state index in [0.717, 1.165) is 12.2 Å². The van der Waals surface area contributed by atoms with Crippen LogP contribution in [0, 0.1) is 0 Å². The van der Waals surface area contributed by atoms with Crippen LogP contribution < -0.4 is 5.32 Å². The fourth-order valence-corrected chi connectivity index (χ4v) is 3.93. The third-order valence-electron chi connectivity index (χ3n) is 3.17. The monoisotopic (exact) mass is 302 g/mol. The maximum atomic E-state index is 12.6. The van der Waals surface area contributed by atoms with Gasteiger partial charge in [0.25, 0.3) is 0 Å². The van der Waals surface area contributed by atoms with E-state index in [2.05, 4.69) is 5.32 Å². The second-order valence-electron chi connectivity index (χ2n) is 4.40. The molecule has 0 aliphatic heterocycles. The highest BCUT2D eigenvalue weighted by molar-refractivity contribution is 7.98. The summed E-state index contributed by atoms with van der Waals surface area (Å²) in [6.45, 7) is 1.94. The number of hydrogen-bond donors (Lipinski definition) is 1. The number of hydrogen-bond acceptors (Lipinski definition) is 4. The normalized spacial score (nSPS) is 13.5. The van der Waals surface area contributed by atoms with E-state index in [1.165, 1.54) is 4.31 Å². The highest BCUT2D eigenvalue weighted by Crippen LogP contribution is 2.25. The SMILES string of the molecule is CNc1ccccc1S(=O)(=O)N(C)C(C)CCSC. The van der Waals surface area contributed by atoms with Crippen molar-refractivity contribution in [3.05, 3.63) is 24.3 Å². The second-order valence-corrected chi connectivity index (χ2v) is 7.35. The Hall–Kier alpha value is -0.720. The fourth-order valence-electron chi connectivity index (χ4n) is 1.76. The van der Waals surface area contributed by atoms with E-state index in [9.17, 15) is 8.42 Å². The molecule has 1 aromatic rings. The molecule has 1 N–H and O–H groups in total. The molecule has 0 aliphatic rings. The number of sulfonamides is 1. The summed E-state index contributed by atoms with van der Waals surface area (Å²) in [6.07, 6.45) is 2.87. The van der Waals surface area contributed by atoms with Gasteiger partial charge in [0.2, 0.25) is 10.0 Å². The van der Waals surface area contributed by atoms with Crippen LogP contribution in [0.4, 0.5) is 5.69 Å². The maximum absolute atomic E-state index is 12.6. The van der Waals surface area contributed by atoms with Gasteiger partial charge in [0, 0.05) is 20.1 Å². The molecule has 0 aliphatic carbocycles. The quantitative estimate of drug-likeness (QED) is 0.841. The molecule has 1 atom stereocenters. The molecular weight excluding hydrogens is 280 g/mol. The Morgan fingerprint density at radius 2 is 2.00 bits per heavy atom. The van der Waals surface area contributed by atoms with Crippen LogP contribution >= 0.6 is 11.8 Å². The van der Waals surface area contributed by atoms with Gasteiger partial charge in [-0.2, -0.15) is 16.1 Å². The lowest BCUT2D eigenvalue weighted by atomic mass is 10.3. The number of anilines is 1. The first-order chi connectivity index (χ1) is 8.95. The zero-order valence-electron chi connectivity index (χ0n) is 11.9. The van der Waals surface area contributed by atoms with Crippen LogP contribution in [-0.4, -0.2) is 44.9 Å². The minimum absolute atomic E-state index is 0.0117. The number of benzene rings is 1. The van der Waals surface area contributed by atoms with Gasteiger partial charge in [-0.25, -0.2) is 8.42 Å².